The Bertz CT molecular complexity index is 874. The number of benzene rings is 2. The number of hydrogen-bond acceptors (Lipinski definition) is 3. The van der Waals surface area contributed by atoms with Gasteiger partial charge in [-0.15, -0.1) is 0 Å². The Kier molecular flexibility index (Phi) is 6.42. The number of fused-ring (bicyclic) bond motifs is 1. The van der Waals surface area contributed by atoms with E-state index in [9.17, 15) is 22.8 Å². The lowest BCUT2D eigenvalue weighted by Crippen LogP contribution is -2.46. The number of rotatable bonds is 5. The molecule has 0 saturated carbocycles. The van der Waals surface area contributed by atoms with Crippen LogP contribution in [0.4, 0.5) is 13.2 Å². The molecular formula is C21H23F3N2O3. The minimum absolute atomic E-state index is 0.170. The van der Waals surface area contributed by atoms with Crippen LogP contribution in [0.3, 0.4) is 0 Å². The summed E-state index contributed by atoms with van der Waals surface area (Å²) in [5.74, 6) is -2.22. The molecule has 0 unspecified atom stereocenters. The lowest BCUT2D eigenvalue weighted by Gasteiger charge is -2.32. The van der Waals surface area contributed by atoms with Crippen molar-refractivity contribution in [3.8, 4) is 0 Å². The summed E-state index contributed by atoms with van der Waals surface area (Å²) in [6.07, 6.45) is -5.18. The number of alkyl halides is 3. The summed E-state index contributed by atoms with van der Waals surface area (Å²) < 4.78 is 45.0. The van der Waals surface area contributed by atoms with E-state index in [2.05, 4.69) is 0 Å². The minimum atomic E-state index is -5.01. The average molecular weight is 408 g/mol. The minimum Gasteiger partial charge on any atom is -0.378 e. The van der Waals surface area contributed by atoms with Crippen molar-refractivity contribution in [3.05, 3.63) is 48.0 Å². The molecule has 2 aromatic carbocycles. The van der Waals surface area contributed by atoms with E-state index in [1.807, 2.05) is 24.3 Å². The lowest BCUT2D eigenvalue weighted by molar-refractivity contribution is -0.188. The zero-order valence-electron chi connectivity index (χ0n) is 16.1. The molecule has 0 radical (unpaired) electrons. The Labute approximate surface area is 167 Å². The Morgan fingerprint density at radius 3 is 2.45 bits per heavy atom. The molecule has 1 fully saturated rings. The van der Waals surface area contributed by atoms with Gasteiger partial charge in [0, 0.05) is 26.1 Å². The van der Waals surface area contributed by atoms with Crippen LogP contribution in [0.2, 0.25) is 0 Å². The zero-order valence-corrected chi connectivity index (χ0v) is 16.1. The molecule has 2 amide bonds. The first kappa shape index (κ1) is 21.1. The van der Waals surface area contributed by atoms with Gasteiger partial charge in [-0.2, -0.15) is 13.2 Å². The number of carbonyl (C=O) groups is 2. The van der Waals surface area contributed by atoms with Crippen molar-refractivity contribution < 1.29 is 27.5 Å². The molecule has 1 saturated heterocycles. The van der Waals surface area contributed by atoms with Gasteiger partial charge in [-0.25, -0.2) is 0 Å². The molecule has 29 heavy (non-hydrogen) atoms. The fourth-order valence-electron chi connectivity index (χ4n) is 3.60. The fraction of sp³-hybridized carbons (Fsp3) is 0.429. The first-order valence-electron chi connectivity index (χ1n) is 9.50. The van der Waals surface area contributed by atoms with Gasteiger partial charge in [0.2, 0.25) is 5.91 Å². The highest BCUT2D eigenvalue weighted by Gasteiger charge is 2.44. The van der Waals surface area contributed by atoms with Crippen molar-refractivity contribution in [1.29, 1.82) is 0 Å². The van der Waals surface area contributed by atoms with Gasteiger partial charge < -0.3 is 14.5 Å². The molecule has 2 aromatic rings. The second kappa shape index (κ2) is 8.82. The average Bonchev–Trinajstić information content (AvgIpc) is 2.73. The van der Waals surface area contributed by atoms with Gasteiger partial charge >= 0.3 is 12.1 Å². The van der Waals surface area contributed by atoms with Gasteiger partial charge in [-0.3, -0.25) is 9.59 Å². The van der Waals surface area contributed by atoms with Crippen LogP contribution in [0.5, 0.6) is 0 Å². The van der Waals surface area contributed by atoms with E-state index < -0.39 is 18.1 Å². The molecule has 0 aromatic heterocycles. The number of carbonyl (C=O) groups excluding carboxylic acids is 2. The van der Waals surface area contributed by atoms with E-state index in [-0.39, 0.29) is 18.9 Å². The quantitative estimate of drug-likeness (QED) is 0.761. The van der Waals surface area contributed by atoms with Crippen molar-refractivity contribution >= 4 is 22.6 Å². The van der Waals surface area contributed by atoms with E-state index in [0.29, 0.717) is 31.9 Å². The Hall–Kier alpha value is -2.61. The molecule has 5 nitrogen and oxygen atoms in total. The van der Waals surface area contributed by atoms with Crippen LogP contribution in [-0.2, 0) is 14.3 Å². The maximum Gasteiger partial charge on any atom is 0.471 e. The topological polar surface area (TPSA) is 49.9 Å². The summed E-state index contributed by atoms with van der Waals surface area (Å²) in [5, 5.41) is 1.66. The molecule has 1 aliphatic heterocycles. The van der Waals surface area contributed by atoms with Gasteiger partial charge in [-0.1, -0.05) is 42.5 Å². The third-order valence-corrected chi connectivity index (χ3v) is 5.17. The van der Waals surface area contributed by atoms with Crippen LogP contribution in [0.25, 0.3) is 10.8 Å². The summed E-state index contributed by atoms with van der Waals surface area (Å²) >= 11 is 0. The molecule has 1 aliphatic rings. The van der Waals surface area contributed by atoms with Crippen molar-refractivity contribution in [3.63, 3.8) is 0 Å². The van der Waals surface area contributed by atoms with Gasteiger partial charge in [0.15, 0.2) is 0 Å². The molecular weight excluding hydrogens is 385 g/mol. The maximum absolute atomic E-state index is 13.3. The molecule has 156 valence electrons. The smallest absolute Gasteiger partial charge is 0.378 e. The SMILES string of the molecule is C[C@@H](c1cccc2ccccc12)N(CCC(=O)N1CCOCC1)C(=O)C(F)(F)F. The molecule has 1 heterocycles. The van der Waals surface area contributed by atoms with Crippen LogP contribution in [-0.4, -0.2) is 60.6 Å². The summed E-state index contributed by atoms with van der Waals surface area (Å²) in [7, 11) is 0. The number of amides is 2. The van der Waals surface area contributed by atoms with E-state index >= 15 is 0 Å². The van der Waals surface area contributed by atoms with Crippen molar-refractivity contribution in [2.24, 2.45) is 0 Å². The lowest BCUT2D eigenvalue weighted by atomic mass is 9.98. The monoisotopic (exact) mass is 408 g/mol. The molecule has 0 aliphatic carbocycles. The van der Waals surface area contributed by atoms with Crippen molar-refractivity contribution in [2.75, 3.05) is 32.8 Å². The van der Waals surface area contributed by atoms with E-state index in [4.69, 9.17) is 4.74 Å². The van der Waals surface area contributed by atoms with E-state index in [0.717, 1.165) is 15.7 Å². The Morgan fingerprint density at radius 1 is 1.10 bits per heavy atom. The first-order chi connectivity index (χ1) is 13.8. The largest absolute Gasteiger partial charge is 0.471 e. The number of halogens is 3. The second-order valence-electron chi connectivity index (χ2n) is 6.98. The third-order valence-electron chi connectivity index (χ3n) is 5.17. The summed E-state index contributed by atoms with van der Waals surface area (Å²) in [4.78, 5) is 26.9. The normalized spacial score (nSPS) is 15.9. The standard InChI is InChI=1S/C21H23F3N2O3/c1-15(17-8-4-6-16-5-2-3-7-18(16)17)26(20(28)21(22,23)24)10-9-19(27)25-11-13-29-14-12-25/h2-8,15H,9-14H2,1H3/t15-/m0/s1. The highest BCUT2D eigenvalue weighted by atomic mass is 19.4. The van der Waals surface area contributed by atoms with Crippen LogP contribution in [0.1, 0.15) is 24.9 Å². The van der Waals surface area contributed by atoms with Gasteiger partial charge in [0.1, 0.15) is 0 Å². The number of morpholine rings is 1. The van der Waals surface area contributed by atoms with Crippen LogP contribution < -0.4 is 0 Å². The summed E-state index contributed by atoms with van der Waals surface area (Å²) in [6, 6.07) is 11.8. The molecule has 0 N–H and O–H groups in total. The number of nitrogens with zero attached hydrogens (tertiary/aromatic N) is 2. The first-order valence-corrected chi connectivity index (χ1v) is 9.50. The summed E-state index contributed by atoms with van der Waals surface area (Å²) in [5.41, 5.74) is 0.611. The highest BCUT2D eigenvalue weighted by molar-refractivity contribution is 5.88. The van der Waals surface area contributed by atoms with Crippen molar-refractivity contribution in [2.45, 2.75) is 25.6 Å². The van der Waals surface area contributed by atoms with E-state index in [1.165, 1.54) is 0 Å². The van der Waals surface area contributed by atoms with Gasteiger partial charge in [0.05, 0.1) is 19.3 Å². The Balaban J connectivity index is 1.84. The van der Waals surface area contributed by atoms with Crippen LogP contribution in [0, 0.1) is 0 Å². The predicted octanol–water partition coefficient (Wildman–Crippen LogP) is 3.54. The molecule has 1 atom stereocenters. The molecule has 3 rings (SSSR count). The van der Waals surface area contributed by atoms with Crippen molar-refractivity contribution in [1.82, 2.24) is 9.80 Å². The van der Waals surface area contributed by atoms with Gasteiger partial charge in [0.25, 0.3) is 0 Å². The molecule has 0 bridgehead atoms. The number of ether oxygens (including phenoxy) is 1. The second-order valence-corrected chi connectivity index (χ2v) is 6.98. The van der Waals surface area contributed by atoms with E-state index in [1.54, 1.807) is 30.0 Å². The van der Waals surface area contributed by atoms with Crippen LogP contribution in [0.15, 0.2) is 42.5 Å². The molecule has 8 heteroatoms. The van der Waals surface area contributed by atoms with Gasteiger partial charge in [-0.05, 0) is 23.3 Å². The van der Waals surface area contributed by atoms with Crippen LogP contribution >= 0.6 is 0 Å². The fourth-order valence-corrected chi connectivity index (χ4v) is 3.60. The number of hydrogen-bond donors (Lipinski definition) is 0. The highest BCUT2D eigenvalue weighted by Crippen LogP contribution is 2.31. The summed E-state index contributed by atoms with van der Waals surface area (Å²) in [6.45, 7) is 2.88. The Morgan fingerprint density at radius 2 is 1.76 bits per heavy atom. The molecule has 0 spiro atoms. The predicted molar refractivity (Wildman–Crippen MR) is 102 cm³/mol. The zero-order chi connectivity index (χ0) is 21.0. The maximum atomic E-state index is 13.3. The third kappa shape index (κ3) is 4.87.